The van der Waals surface area contributed by atoms with Crippen molar-refractivity contribution in [2.75, 3.05) is 0 Å². The molecule has 0 amide bonds. The van der Waals surface area contributed by atoms with Gasteiger partial charge in [-0.3, -0.25) is 0 Å². The highest BCUT2D eigenvalue weighted by Gasteiger charge is 2.55. The Kier molecular flexibility index (Phi) is 2.97. The van der Waals surface area contributed by atoms with Gasteiger partial charge in [0.1, 0.15) is 0 Å². The van der Waals surface area contributed by atoms with Crippen LogP contribution in [0.25, 0.3) is 0 Å². The second-order valence-electron chi connectivity index (χ2n) is 2.16. The molecule has 0 aromatic heterocycles. The van der Waals surface area contributed by atoms with Crippen LogP contribution in [0.15, 0.2) is 0 Å². The predicted octanol–water partition coefficient (Wildman–Crippen LogP) is 3.04. The zero-order chi connectivity index (χ0) is 10.2. The summed E-state index contributed by atoms with van der Waals surface area (Å²) < 4.78 is 80.9. The van der Waals surface area contributed by atoms with E-state index in [-0.39, 0.29) is 6.92 Å². The van der Waals surface area contributed by atoms with Crippen molar-refractivity contribution in [2.24, 2.45) is 0 Å². The number of rotatable bonds is 2. The molecule has 0 spiro atoms. The lowest BCUT2D eigenvalue weighted by Gasteiger charge is -2.19. The van der Waals surface area contributed by atoms with Gasteiger partial charge in [-0.1, -0.05) is 0 Å². The average molecular weight is 197 g/mol. The summed E-state index contributed by atoms with van der Waals surface area (Å²) in [7, 11) is 0. The van der Waals surface area contributed by atoms with Crippen molar-refractivity contribution in [1.29, 1.82) is 0 Å². The monoisotopic (exact) mass is 197 g/mol. The van der Waals surface area contributed by atoms with Crippen LogP contribution < -0.4 is 0 Å². The van der Waals surface area contributed by atoms with E-state index in [9.17, 15) is 30.7 Å². The molecule has 0 heterocycles. The molecule has 0 fully saturated rings. The van der Waals surface area contributed by atoms with Gasteiger partial charge in [-0.2, -0.15) is 13.2 Å². The third-order valence-corrected chi connectivity index (χ3v) is 0.938. The molecular formula is C5H4F7. The average Bonchev–Trinajstić information content (AvgIpc) is 1.80. The number of hydrogen-bond donors (Lipinski definition) is 0. The van der Waals surface area contributed by atoms with Crippen molar-refractivity contribution in [3.63, 3.8) is 0 Å². The Labute approximate surface area is 63.4 Å². The first kappa shape index (κ1) is 11.5. The number of alkyl halides is 6. The summed E-state index contributed by atoms with van der Waals surface area (Å²) in [6, 6.07) is 0. The maximum Gasteiger partial charge on any atom is 0.429 e. The van der Waals surface area contributed by atoms with E-state index in [2.05, 4.69) is 0 Å². The van der Waals surface area contributed by atoms with E-state index < -0.39 is 24.4 Å². The summed E-state index contributed by atoms with van der Waals surface area (Å²) in [6.45, 7) is -0.136. The smallest absolute Gasteiger partial charge is 0.237 e. The van der Waals surface area contributed by atoms with E-state index in [0.717, 1.165) is 0 Å². The molecule has 0 bridgehead atoms. The highest BCUT2D eigenvalue weighted by Crippen LogP contribution is 2.39. The predicted molar refractivity (Wildman–Crippen MR) is 25.9 cm³/mol. The van der Waals surface area contributed by atoms with Gasteiger partial charge in [0.2, 0.25) is 6.17 Å². The first-order chi connectivity index (χ1) is 5.07. The van der Waals surface area contributed by atoms with Gasteiger partial charge in [0, 0.05) is 6.92 Å². The van der Waals surface area contributed by atoms with Crippen LogP contribution >= 0.6 is 0 Å². The third-order valence-electron chi connectivity index (χ3n) is 0.938. The summed E-state index contributed by atoms with van der Waals surface area (Å²) in [6.07, 6.45) is -12.9. The molecule has 0 aliphatic carbocycles. The van der Waals surface area contributed by atoms with Gasteiger partial charge in [0.15, 0.2) is 0 Å². The van der Waals surface area contributed by atoms with E-state index in [1.54, 1.807) is 0 Å². The van der Waals surface area contributed by atoms with Crippen LogP contribution in [0, 0.1) is 6.17 Å². The molecule has 0 saturated heterocycles. The molecule has 0 nitrogen and oxygen atoms in total. The molecule has 0 aromatic rings. The van der Waals surface area contributed by atoms with Crippen molar-refractivity contribution >= 4 is 0 Å². The van der Waals surface area contributed by atoms with Crippen LogP contribution in [0.5, 0.6) is 0 Å². The lowest BCUT2D eigenvalue weighted by atomic mass is 10.1. The van der Waals surface area contributed by atoms with Crippen molar-refractivity contribution in [1.82, 2.24) is 0 Å². The van der Waals surface area contributed by atoms with Gasteiger partial charge in [-0.25, -0.2) is 17.6 Å². The van der Waals surface area contributed by atoms with Crippen molar-refractivity contribution in [2.45, 2.75) is 25.2 Å². The summed E-state index contributed by atoms with van der Waals surface area (Å²) in [4.78, 5) is 0. The Bertz CT molecular complexity index is 125. The minimum atomic E-state index is -5.67. The maximum atomic E-state index is 11.9. The quantitative estimate of drug-likeness (QED) is 0.597. The molecular weight excluding hydrogens is 193 g/mol. The zero-order valence-electron chi connectivity index (χ0n) is 5.72. The number of halogens is 7. The lowest BCUT2D eigenvalue weighted by Crippen LogP contribution is -2.37. The van der Waals surface area contributed by atoms with Crippen molar-refractivity contribution in [3.8, 4) is 0 Å². The van der Waals surface area contributed by atoms with Gasteiger partial charge in [-0.05, 0) is 0 Å². The summed E-state index contributed by atoms with van der Waals surface area (Å²) in [5.41, 5.74) is 0. The van der Waals surface area contributed by atoms with Crippen LogP contribution in [0.3, 0.4) is 0 Å². The third kappa shape index (κ3) is 2.86. The molecule has 73 valence electrons. The normalized spacial score (nSPS) is 16.8. The molecule has 0 rings (SSSR count). The summed E-state index contributed by atoms with van der Waals surface area (Å²) in [5, 5.41) is 0. The molecule has 0 saturated carbocycles. The van der Waals surface area contributed by atoms with Crippen LogP contribution in [-0.4, -0.2) is 18.3 Å². The van der Waals surface area contributed by atoms with Crippen LogP contribution in [-0.2, 0) is 0 Å². The first-order valence-electron chi connectivity index (χ1n) is 2.68. The van der Waals surface area contributed by atoms with Crippen LogP contribution in [0.4, 0.5) is 30.7 Å². The van der Waals surface area contributed by atoms with Crippen molar-refractivity contribution in [3.05, 3.63) is 6.17 Å². The Morgan fingerprint density at radius 3 is 1.50 bits per heavy atom. The molecule has 7 heteroatoms. The molecule has 0 aliphatic heterocycles. The van der Waals surface area contributed by atoms with E-state index in [1.807, 2.05) is 0 Å². The fraction of sp³-hybridized carbons (Fsp3) is 0.800. The Balaban J connectivity index is 4.41. The standard InChI is InChI=1S/C5H4F7/c1-4(8,9)2(6)3(7)5(10,11)12/h2H,1H3. The Morgan fingerprint density at radius 2 is 1.42 bits per heavy atom. The highest BCUT2D eigenvalue weighted by molar-refractivity contribution is 4.99. The molecule has 0 aliphatic rings. The van der Waals surface area contributed by atoms with E-state index in [1.165, 1.54) is 0 Å². The summed E-state index contributed by atoms with van der Waals surface area (Å²) >= 11 is 0. The second-order valence-corrected chi connectivity index (χ2v) is 2.16. The van der Waals surface area contributed by atoms with Crippen LogP contribution in [0.2, 0.25) is 0 Å². The van der Waals surface area contributed by atoms with E-state index in [0.29, 0.717) is 0 Å². The maximum absolute atomic E-state index is 11.9. The van der Waals surface area contributed by atoms with Crippen LogP contribution in [0.1, 0.15) is 6.92 Å². The largest absolute Gasteiger partial charge is 0.429 e. The molecule has 0 N–H and O–H groups in total. The van der Waals surface area contributed by atoms with Crippen molar-refractivity contribution < 1.29 is 30.7 Å². The van der Waals surface area contributed by atoms with E-state index >= 15 is 0 Å². The highest BCUT2D eigenvalue weighted by atomic mass is 19.4. The lowest BCUT2D eigenvalue weighted by molar-refractivity contribution is -0.176. The first-order valence-corrected chi connectivity index (χ1v) is 2.68. The molecule has 12 heavy (non-hydrogen) atoms. The van der Waals surface area contributed by atoms with Gasteiger partial charge < -0.3 is 0 Å². The fourth-order valence-corrected chi connectivity index (χ4v) is 0.366. The molecule has 1 radical (unpaired) electrons. The Hall–Kier alpha value is -0.490. The molecule has 1 unspecified atom stereocenters. The van der Waals surface area contributed by atoms with Gasteiger partial charge in [0.05, 0.1) is 0 Å². The van der Waals surface area contributed by atoms with E-state index in [4.69, 9.17) is 0 Å². The Morgan fingerprint density at radius 1 is 1.08 bits per heavy atom. The van der Waals surface area contributed by atoms with Gasteiger partial charge >= 0.3 is 6.18 Å². The molecule has 1 atom stereocenters. The summed E-state index contributed by atoms with van der Waals surface area (Å²) in [5.74, 6) is -4.36. The minimum absolute atomic E-state index is 0.136. The zero-order valence-corrected chi connectivity index (χ0v) is 5.72. The topological polar surface area (TPSA) is 0 Å². The van der Waals surface area contributed by atoms with Gasteiger partial charge in [0.25, 0.3) is 12.1 Å². The second kappa shape index (κ2) is 3.10. The fourth-order valence-electron chi connectivity index (χ4n) is 0.366. The minimum Gasteiger partial charge on any atom is -0.237 e. The SMILES string of the molecule is CC(F)(F)C(F)[C](F)C(F)(F)F. The number of hydrogen-bond acceptors (Lipinski definition) is 0. The van der Waals surface area contributed by atoms with Gasteiger partial charge in [-0.15, -0.1) is 0 Å². The molecule has 0 aromatic carbocycles.